The van der Waals surface area contributed by atoms with Crippen LogP contribution in [-0.2, 0) is 0 Å². The summed E-state index contributed by atoms with van der Waals surface area (Å²) in [6, 6.07) is 16.7. The highest BCUT2D eigenvalue weighted by Gasteiger charge is 2.49. The maximum absolute atomic E-state index is 14.9. The highest BCUT2D eigenvalue weighted by molar-refractivity contribution is 9.10. The molecule has 1 spiro atoms. The molecule has 0 atom stereocenters. The molecule has 2 amide bonds. The number of nitro benzene ring substituents is 1. The van der Waals surface area contributed by atoms with Crippen LogP contribution in [-0.4, -0.2) is 51.7 Å². The molecule has 0 bridgehead atoms. The Bertz CT molecular complexity index is 1400. The van der Waals surface area contributed by atoms with E-state index in [0.717, 1.165) is 12.0 Å². The zero-order valence-electron chi connectivity index (χ0n) is 20.2. The summed E-state index contributed by atoms with van der Waals surface area (Å²) in [6.07, 6.45) is 2.03. The fourth-order valence-corrected chi connectivity index (χ4v) is 5.77. The van der Waals surface area contributed by atoms with Gasteiger partial charge in [-0.2, -0.15) is 0 Å². The van der Waals surface area contributed by atoms with Crippen molar-refractivity contribution in [2.45, 2.75) is 31.7 Å². The molecule has 190 valence electrons. The lowest BCUT2D eigenvalue weighted by molar-refractivity contribution is -0.385. The van der Waals surface area contributed by atoms with Gasteiger partial charge in [-0.15, -0.1) is 0 Å². The number of benzene rings is 3. The van der Waals surface area contributed by atoms with Crippen LogP contribution in [0.1, 0.15) is 45.5 Å². The number of carbonyl (C=O) groups is 2. The van der Waals surface area contributed by atoms with E-state index in [2.05, 4.69) is 15.9 Å². The molecule has 0 N–H and O–H groups in total. The molecule has 2 fully saturated rings. The lowest BCUT2D eigenvalue weighted by Crippen LogP contribution is -2.66. The molecule has 0 aliphatic carbocycles. The van der Waals surface area contributed by atoms with Gasteiger partial charge in [0.15, 0.2) is 0 Å². The van der Waals surface area contributed by atoms with E-state index in [4.69, 9.17) is 0 Å². The second-order valence-electron chi connectivity index (χ2n) is 9.64. The molecule has 0 unspecified atom stereocenters. The summed E-state index contributed by atoms with van der Waals surface area (Å²) in [5, 5.41) is 11.4. The van der Waals surface area contributed by atoms with Gasteiger partial charge >= 0.3 is 0 Å². The summed E-state index contributed by atoms with van der Waals surface area (Å²) in [5.74, 6) is -0.914. The van der Waals surface area contributed by atoms with E-state index in [9.17, 15) is 24.1 Å². The smallest absolute Gasteiger partial charge is 0.274 e. The number of piperidine rings is 1. The van der Waals surface area contributed by atoms with Crippen molar-refractivity contribution in [3.05, 3.63) is 97.8 Å². The summed E-state index contributed by atoms with van der Waals surface area (Å²) in [5.41, 5.74) is 1.78. The average Bonchev–Trinajstić information content (AvgIpc) is 2.89. The van der Waals surface area contributed by atoms with Crippen LogP contribution in [0.5, 0.6) is 0 Å². The van der Waals surface area contributed by atoms with E-state index in [1.807, 2.05) is 30.3 Å². The predicted molar refractivity (Wildman–Crippen MR) is 141 cm³/mol. The summed E-state index contributed by atoms with van der Waals surface area (Å²) in [4.78, 5) is 40.8. The van der Waals surface area contributed by atoms with Crippen LogP contribution in [0, 0.1) is 22.9 Å². The fraction of sp³-hybridized carbons (Fsp3) is 0.286. The van der Waals surface area contributed by atoms with Crippen LogP contribution < -0.4 is 0 Å². The Morgan fingerprint density at radius 1 is 0.946 bits per heavy atom. The van der Waals surface area contributed by atoms with Crippen LogP contribution in [0.25, 0.3) is 11.1 Å². The van der Waals surface area contributed by atoms with Crippen molar-refractivity contribution in [3.8, 4) is 11.1 Å². The molecular formula is C28H25BrFN3O4. The summed E-state index contributed by atoms with van der Waals surface area (Å²) < 4.78 is 15.4. The van der Waals surface area contributed by atoms with Crippen LogP contribution in [0.4, 0.5) is 10.1 Å². The lowest BCUT2D eigenvalue weighted by atomic mass is 9.75. The van der Waals surface area contributed by atoms with Crippen molar-refractivity contribution in [2.24, 2.45) is 0 Å². The quantitative estimate of drug-likeness (QED) is 0.287. The standard InChI is InChI=1S/C28H25BrFN3O4/c1-18-23(29)15-21(17-25(18)33(36)37)26(34)31-12-9-28(10-13-31)11-14-32(28)27(35)20-7-8-22(24(30)16-20)19-5-3-2-4-6-19/h2-8,15-17H,9-14H2,1H3. The Labute approximate surface area is 222 Å². The third-order valence-corrected chi connectivity index (χ3v) is 8.48. The zero-order valence-corrected chi connectivity index (χ0v) is 21.8. The van der Waals surface area contributed by atoms with E-state index in [1.54, 1.807) is 34.9 Å². The summed E-state index contributed by atoms with van der Waals surface area (Å²) in [6.45, 7) is 3.09. The van der Waals surface area contributed by atoms with Crippen molar-refractivity contribution in [1.82, 2.24) is 9.80 Å². The fourth-order valence-electron chi connectivity index (χ4n) is 5.32. The molecule has 2 saturated heterocycles. The van der Waals surface area contributed by atoms with E-state index in [1.165, 1.54) is 12.1 Å². The van der Waals surface area contributed by atoms with Crippen molar-refractivity contribution in [2.75, 3.05) is 19.6 Å². The van der Waals surface area contributed by atoms with E-state index >= 15 is 0 Å². The normalized spacial score (nSPS) is 16.4. The van der Waals surface area contributed by atoms with Gasteiger partial charge in [-0.05, 0) is 49.9 Å². The Morgan fingerprint density at radius 3 is 2.22 bits per heavy atom. The molecule has 3 aromatic carbocycles. The average molecular weight is 566 g/mol. The van der Waals surface area contributed by atoms with Gasteiger partial charge in [-0.1, -0.05) is 52.3 Å². The van der Waals surface area contributed by atoms with E-state index in [-0.39, 0.29) is 28.6 Å². The highest BCUT2D eigenvalue weighted by atomic mass is 79.9. The summed E-state index contributed by atoms with van der Waals surface area (Å²) >= 11 is 3.32. The first-order valence-electron chi connectivity index (χ1n) is 12.1. The number of rotatable bonds is 4. The zero-order chi connectivity index (χ0) is 26.3. The minimum absolute atomic E-state index is 0.104. The van der Waals surface area contributed by atoms with Crippen molar-refractivity contribution in [1.29, 1.82) is 0 Å². The molecule has 7 nitrogen and oxygen atoms in total. The molecule has 37 heavy (non-hydrogen) atoms. The van der Waals surface area contributed by atoms with E-state index < -0.39 is 10.7 Å². The van der Waals surface area contributed by atoms with Crippen molar-refractivity contribution in [3.63, 3.8) is 0 Å². The Hall–Kier alpha value is -3.59. The number of carbonyl (C=O) groups excluding carboxylic acids is 2. The third kappa shape index (κ3) is 4.52. The maximum atomic E-state index is 14.9. The molecule has 2 heterocycles. The molecule has 2 aliphatic heterocycles. The van der Waals surface area contributed by atoms with Gasteiger partial charge in [0.05, 0.1) is 4.92 Å². The minimum Gasteiger partial charge on any atom is -0.338 e. The maximum Gasteiger partial charge on any atom is 0.274 e. The molecule has 0 radical (unpaired) electrons. The number of amides is 2. The second-order valence-corrected chi connectivity index (χ2v) is 10.5. The molecular weight excluding hydrogens is 541 g/mol. The first-order valence-corrected chi connectivity index (χ1v) is 12.9. The van der Waals surface area contributed by atoms with Crippen LogP contribution >= 0.6 is 15.9 Å². The van der Waals surface area contributed by atoms with Crippen LogP contribution in [0.2, 0.25) is 0 Å². The van der Waals surface area contributed by atoms with Gasteiger partial charge < -0.3 is 9.80 Å². The van der Waals surface area contributed by atoms with E-state index in [0.29, 0.717) is 53.6 Å². The van der Waals surface area contributed by atoms with Gasteiger partial charge in [-0.3, -0.25) is 19.7 Å². The first-order chi connectivity index (χ1) is 17.7. The highest BCUT2D eigenvalue weighted by Crippen LogP contribution is 2.41. The van der Waals surface area contributed by atoms with Gasteiger partial charge in [0.2, 0.25) is 0 Å². The van der Waals surface area contributed by atoms with Crippen LogP contribution in [0.3, 0.4) is 0 Å². The molecule has 2 aliphatic rings. The number of nitro groups is 1. The van der Waals surface area contributed by atoms with Crippen molar-refractivity contribution >= 4 is 33.4 Å². The number of nitrogens with zero attached hydrogens (tertiary/aromatic N) is 3. The predicted octanol–water partition coefficient (Wildman–Crippen LogP) is 5.99. The van der Waals surface area contributed by atoms with Gasteiger partial charge in [0.25, 0.3) is 17.5 Å². The largest absolute Gasteiger partial charge is 0.338 e. The van der Waals surface area contributed by atoms with Gasteiger partial charge in [0.1, 0.15) is 5.82 Å². The number of likely N-dealkylation sites (tertiary alicyclic amines) is 2. The van der Waals surface area contributed by atoms with Crippen LogP contribution in [0.15, 0.2) is 65.1 Å². The molecule has 0 aromatic heterocycles. The van der Waals surface area contributed by atoms with Crippen molar-refractivity contribution < 1.29 is 18.9 Å². The molecule has 3 aromatic rings. The molecule has 9 heteroatoms. The second kappa shape index (κ2) is 9.70. The Balaban J connectivity index is 1.28. The third-order valence-electron chi connectivity index (χ3n) is 7.66. The number of halogens is 2. The Morgan fingerprint density at radius 2 is 1.62 bits per heavy atom. The Kier molecular flexibility index (Phi) is 6.58. The minimum atomic E-state index is -0.491. The number of hydrogen-bond donors (Lipinski definition) is 0. The van der Waals surface area contributed by atoms with Gasteiger partial charge in [0, 0.05) is 58.0 Å². The monoisotopic (exact) mass is 565 g/mol. The molecule has 0 saturated carbocycles. The SMILES string of the molecule is Cc1c(Br)cc(C(=O)N2CCC3(CC2)CCN3C(=O)c2ccc(-c3ccccc3)c(F)c2)cc1[N+](=O)[O-]. The first kappa shape index (κ1) is 25.1. The lowest BCUT2D eigenvalue weighted by Gasteiger charge is -2.56. The molecule has 5 rings (SSSR count). The summed E-state index contributed by atoms with van der Waals surface area (Å²) in [7, 11) is 0. The van der Waals surface area contributed by atoms with Gasteiger partial charge in [-0.25, -0.2) is 4.39 Å². The topological polar surface area (TPSA) is 83.8 Å². The number of hydrogen-bond acceptors (Lipinski definition) is 4.